The summed E-state index contributed by atoms with van der Waals surface area (Å²) in [5, 5.41) is 0.438. The molecule has 0 radical (unpaired) electrons. The number of nitrogens with two attached hydrogens (primary N) is 1. The van der Waals surface area contributed by atoms with Crippen LogP contribution in [-0.2, 0) is 15.1 Å². The molecular formula is C12H12ClNO2. The fourth-order valence-electron chi connectivity index (χ4n) is 2.08. The van der Waals surface area contributed by atoms with E-state index in [2.05, 4.69) is 0 Å². The van der Waals surface area contributed by atoms with Crippen molar-refractivity contribution in [1.29, 1.82) is 0 Å². The highest BCUT2D eigenvalue weighted by atomic mass is 35.5. The van der Waals surface area contributed by atoms with Gasteiger partial charge in [-0.1, -0.05) is 29.8 Å². The Hall–Kier alpha value is -1.19. The van der Waals surface area contributed by atoms with Gasteiger partial charge in [0.05, 0.1) is 0 Å². The highest BCUT2D eigenvalue weighted by Gasteiger charge is 2.43. The minimum Gasteiger partial charge on any atom is -0.315 e. The maximum atomic E-state index is 11.9. The number of benzene rings is 1. The third kappa shape index (κ3) is 1.66. The lowest BCUT2D eigenvalue weighted by molar-refractivity contribution is -0.142. The van der Waals surface area contributed by atoms with Crippen molar-refractivity contribution in [3.63, 3.8) is 0 Å². The molecule has 1 aliphatic rings. The molecule has 1 atom stereocenters. The first-order valence-corrected chi connectivity index (χ1v) is 5.55. The van der Waals surface area contributed by atoms with E-state index in [9.17, 15) is 9.59 Å². The second-order valence-electron chi connectivity index (χ2n) is 4.06. The molecule has 0 heterocycles. The molecule has 2 rings (SSSR count). The number of Topliss-reactive ketones (excluding diaryl/α,β-unsaturated/α-hetero) is 2. The monoisotopic (exact) mass is 237 g/mol. The maximum absolute atomic E-state index is 11.9. The van der Waals surface area contributed by atoms with E-state index in [-0.39, 0.29) is 0 Å². The predicted molar refractivity (Wildman–Crippen MR) is 61.2 cm³/mol. The summed E-state index contributed by atoms with van der Waals surface area (Å²) in [6, 6.07) is 6.92. The molecule has 0 amide bonds. The molecule has 1 saturated carbocycles. The zero-order valence-electron chi connectivity index (χ0n) is 8.70. The molecule has 16 heavy (non-hydrogen) atoms. The molecule has 4 heteroatoms. The van der Waals surface area contributed by atoms with Crippen LogP contribution in [0.15, 0.2) is 24.3 Å². The van der Waals surface area contributed by atoms with Gasteiger partial charge in [0, 0.05) is 11.4 Å². The van der Waals surface area contributed by atoms with Crippen molar-refractivity contribution in [1.82, 2.24) is 0 Å². The smallest absolute Gasteiger partial charge is 0.222 e. The normalized spacial score (nSPS) is 25.9. The van der Waals surface area contributed by atoms with Gasteiger partial charge in [-0.3, -0.25) is 9.59 Å². The summed E-state index contributed by atoms with van der Waals surface area (Å²) < 4.78 is 0. The van der Waals surface area contributed by atoms with E-state index in [1.807, 2.05) is 0 Å². The Balaban J connectivity index is 2.49. The SMILES string of the molecule is NC1(c2ccccc2Cl)CCCC(=O)C1=O. The summed E-state index contributed by atoms with van der Waals surface area (Å²) in [5.41, 5.74) is 5.38. The van der Waals surface area contributed by atoms with E-state index in [0.29, 0.717) is 29.8 Å². The van der Waals surface area contributed by atoms with E-state index in [1.54, 1.807) is 24.3 Å². The molecule has 1 aromatic rings. The summed E-state index contributed by atoms with van der Waals surface area (Å²) >= 11 is 6.02. The van der Waals surface area contributed by atoms with Crippen LogP contribution >= 0.6 is 11.6 Å². The van der Waals surface area contributed by atoms with E-state index >= 15 is 0 Å². The molecule has 0 aliphatic heterocycles. The van der Waals surface area contributed by atoms with Gasteiger partial charge in [-0.2, -0.15) is 0 Å². The Kier molecular flexibility index (Phi) is 2.82. The highest BCUT2D eigenvalue weighted by Crippen LogP contribution is 2.34. The van der Waals surface area contributed by atoms with Gasteiger partial charge in [0.2, 0.25) is 11.6 Å². The summed E-state index contributed by atoms with van der Waals surface area (Å²) in [5.74, 6) is -0.916. The van der Waals surface area contributed by atoms with Crippen molar-refractivity contribution >= 4 is 23.2 Å². The van der Waals surface area contributed by atoms with Crippen LogP contribution in [-0.4, -0.2) is 11.6 Å². The third-order valence-electron chi connectivity index (χ3n) is 2.99. The summed E-state index contributed by atoms with van der Waals surface area (Å²) in [7, 11) is 0. The zero-order valence-corrected chi connectivity index (χ0v) is 9.46. The van der Waals surface area contributed by atoms with Crippen LogP contribution < -0.4 is 5.73 Å². The van der Waals surface area contributed by atoms with Crippen LogP contribution in [0.2, 0.25) is 5.02 Å². The van der Waals surface area contributed by atoms with Gasteiger partial charge in [-0.15, -0.1) is 0 Å². The Morgan fingerprint density at radius 3 is 2.62 bits per heavy atom. The molecule has 1 fully saturated rings. The molecule has 2 N–H and O–H groups in total. The molecule has 3 nitrogen and oxygen atoms in total. The predicted octanol–water partition coefficient (Wildman–Crippen LogP) is 1.82. The van der Waals surface area contributed by atoms with Crippen molar-refractivity contribution < 1.29 is 9.59 Å². The molecule has 84 valence electrons. The lowest BCUT2D eigenvalue weighted by Crippen LogP contribution is -2.51. The summed E-state index contributed by atoms with van der Waals surface area (Å²) in [6.07, 6.45) is 1.40. The Labute approximate surface area is 98.6 Å². The number of halogens is 1. The van der Waals surface area contributed by atoms with Crippen LogP contribution in [0.5, 0.6) is 0 Å². The highest BCUT2D eigenvalue weighted by molar-refractivity contribution is 6.41. The number of hydrogen-bond donors (Lipinski definition) is 1. The fourth-order valence-corrected chi connectivity index (χ4v) is 2.39. The van der Waals surface area contributed by atoms with Crippen LogP contribution in [0.1, 0.15) is 24.8 Å². The van der Waals surface area contributed by atoms with Gasteiger partial charge in [-0.05, 0) is 24.5 Å². The molecule has 0 bridgehead atoms. The van der Waals surface area contributed by atoms with Crippen LogP contribution in [0.3, 0.4) is 0 Å². The van der Waals surface area contributed by atoms with Gasteiger partial charge in [0.25, 0.3) is 0 Å². The van der Waals surface area contributed by atoms with Crippen molar-refractivity contribution in [3.05, 3.63) is 34.9 Å². The minimum atomic E-state index is -1.23. The Morgan fingerprint density at radius 1 is 1.25 bits per heavy atom. The Bertz CT molecular complexity index is 458. The van der Waals surface area contributed by atoms with E-state index < -0.39 is 17.1 Å². The average Bonchev–Trinajstić information content (AvgIpc) is 2.26. The quantitative estimate of drug-likeness (QED) is 0.758. The topological polar surface area (TPSA) is 60.2 Å². The van der Waals surface area contributed by atoms with Gasteiger partial charge >= 0.3 is 0 Å². The maximum Gasteiger partial charge on any atom is 0.222 e. The van der Waals surface area contributed by atoms with Gasteiger partial charge < -0.3 is 5.73 Å². The van der Waals surface area contributed by atoms with Crippen LogP contribution in [0.25, 0.3) is 0 Å². The van der Waals surface area contributed by atoms with Crippen molar-refractivity contribution in [2.45, 2.75) is 24.8 Å². The van der Waals surface area contributed by atoms with Crippen LogP contribution in [0, 0.1) is 0 Å². The van der Waals surface area contributed by atoms with Gasteiger partial charge in [-0.25, -0.2) is 0 Å². The number of hydrogen-bond acceptors (Lipinski definition) is 3. The van der Waals surface area contributed by atoms with Crippen molar-refractivity contribution in [2.75, 3.05) is 0 Å². The molecule has 0 saturated heterocycles. The summed E-state index contributed by atoms with van der Waals surface area (Å²) in [6.45, 7) is 0. The largest absolute Gasteiger partial charge is 0.315 e. The summed E-state index contributed by atoms with van der Waals surface area (Å²) in [4.78, 5) is 23.3. The molecule has 1 aromatic carbocycles. The fraction of sp³-hybridized carbons (Fsp3) is 0.333. The number of ketones is 2. The molecular weight excluding hydrogens is 226 g/mol. The van der Waals surface area contributed by atoms with Crippen molar-refractivity contribution in [3.8, 4) is 0 Å². The first kappa shape index (κ1) is 11.3. The molecule has 1 unspecified atom stereocenters. The number of rotatable bonds is 1. The first-order valence-electron chi connectivity index (χ1n) is 5.17. The zero-order chi connectivity index (χ0) is 11.8. The minimum absolute atomic E-state index is 0.294. The third-order valence-corrected chi connectivity index (χ3v) is 3.32. The molecule has 0 spiro atoms. The lowest BCUT2D eigenvalue weighted by atomic mass is 9.76. The van der Waals surface area contributed by atoms with E-state index in [0.717, 1.165) is 0 Å². The molecule has 0 aromatic heterocycles. The lowest BCUT2D eigenvalue weighted by Gasteiger charge is -2.31. The number of carbonyl (C=O) groups is 2. The second kappa shape index (κ2) is 4.00. The number of carbonyl (C=O) groups excluding carboxylic acids is 2. The van der Waals surface area contributed by atoms with Crippen LogP contribution in [0.4, 0.5) is 0 Å². The van der Waals surface area contributed by atoms with E-state index in [1.165, 1.54) is 0 Å². The first-order chi connectivity index (χ1) is 7.55. The molecule has 1 aliphatic carbocycles. The second-order valence-corrected chi connectivity index (χ2v) is 4.46. The van der Waals surface area contributed by atoms with Gasteiger partial charge in [0.1, 0.15) is 5.54 Å². The standard InChI is InChI=1S/C12H12ClNO2/c13-9-5-2-1-4-8(9)12(14)7-3-6-10(15)11(12)16/h1-2,4-5H,3,6-7,14H2. The van der Waals surface area contributed by atoms with Gasteiger partial charge in [0.15, 0.2) is 0 Å². The Morgan fingerprint density at radius 2 is 1.94 bits per heavy atom. The van der Waals surface area contributed by atoms with Crippen molar-refractivity contribution in [2.24, 2.45) is 5.73 Å². The van der Waals surface area contributed by atoms with E-state index in [4.69, 9.17) is 17.3 Å². The average molecular weight is 238 g/mol.